The van der Waals surface area contributed by atoms with Crippen LogP contribution in [0.4, 0.5) is 0 Å². The van der Waals surface area contributed by atoms with Gasteiger partial charge in [-0.1, -0.05) is 54.9 Å². The van der Waals surface area contributed by atoms with Gasteiger partial charge in [0, 0.05) is 11.1 Å². The van der Waals surface area contributed by atoms with Gasteiger partial charge in [0.1, 0.15) is 0 Å². The summed E-state index contributed by atoms with van der Waals surface area (Å²) in [5.41, 5.74) is 1.33. The Morgan fingerprint density at radius 1 is 1.18 bits per heavy atom. The van der Waals surface area contributed by atoms with Crippen molar-refractivity contribution in [2.75, 3.05) is 6.61 Å². The van der Waals surface area contributed by atoms with Crippen LogP contribution in [-0.2, 0) is 10.8 Å². The van der Waals surface area contributed by atoms with Gasteiger partial charge in [-0.2, -0.15) is 0 Å². The first-order chi connectivity index (χ1) is 7.74. The van der Waals surface area contributed by atoms with Crippen molar-refractivity contribution < 1.29 is 4.43 Å². The summed E-state index contributed by atoms with van der Waals surface area (Å²) in [6.07, 6.45) is 0.980. The van der Waals surface area contributed by atoms with Crippen LogP contribution in [0.2, 0.25) is 18.1 Å². The van der Waals surface area contributed by atoms with E-state index in [1.54, 1.807) is 0 Å². The molecule has 1 rings (SSSR count). The van der Waals surface area contributed by atoms with E-state index in [1.807, 2.05) is 6.07 Å². The van der Waals surface area contributed by atoms with E-state index in [2.05, 4.69) is 68.0 Å². The summed E-state index contributed by atoms with van der Waals surface area (Å²) in [4.78, 5) is 0. The molecule has 0 heterocycles. The molecule has 0 unspecified atom stereocenters. The van der Waals surface area contributed by atoms with Crippen LogP contribution in [0.5, 0.6) is 0 Å². The lowest BCUT2D eigenvalue weighted by Crippen LogP contribution is -2.41. The molecular formula is C14H23BrOSi. The highest BCUT2D eigenvalue weighted by atomic mass is 79.9. The standard InChI is InChI=1S/C14H23BrOSi/c1-14(2,3)17(4,5)16-11-10-12-8-6-7-9-13(12)15/h6-9H,10-11H2,1-5H3. The molecule has 0 saturated carbocycles. The third-order valence-electron chi connectivity index (χ3n) is 3.60. The first-order valence-electron chi connectivity index (χ1n) is 6.11. The minimum atomic E-state index is -1.59. The molecule has 0 aromatic heterocycles. The first kappa shape index (κ1) is 14.9. The van der Waals surface area contributed by atoms with Gasteiger partial charge in [-0.15, -0.1) is 0 Å². The lowest BCUT2D eigenvalue weighted by Gasteiger charge is -2.36. The van der Waals surface area contributed by atoms with E-state index in [-0.39, 0.29) is 0 Å². The molecule has 0 spiro atoms. The Hall–Kier alpha value is -0.123. The van der Waals surface area contributed by atoms with E-state index in [9.17, 15) is 0 Å². The Kier molecular flexibility index (Phi) is 4.99. The molecule has 0 aliphatic carbocycles. The Balaban J connectivity index is 2.52. The summed E-state index contributed by atoms with van der Waals surface area (Å²) >= 11 is 3.57. The lowest BCUT2D eigenvalue weighted by molar-refractivity contribution is 0.292. The molecule has 17 heavy (non-hydrogen) atoms. The number of halogens is 1. The Bertz CT molecular complexity index is 369. The molecule has 0 fully saturated rings. The number of rotatable bonds is 4. The van der Waals surface area contributed by atoms with Gasteiger partial charge >= 0.3 is 0 Å². The van der Waals surface area contributed by atoms with E-state index in [4.69, 9.17) is 4.43 Å². The average Bonchev–Trinajstić information content (AvgIpc) is 2.19. The van der Waals surface area contributed by atoms with E-state index in [1.165, 1.54) is 10.0 Å². The Labute approximate surface area is 115 Å². The SMILES string of the molecule is CC(C)(C)[Si](C)(C)OCCc1ccccc1Br. The molecule has 0 N–H and O–H groups in total. The third-order valence-corrected chi connectivity index (χ3v) is 8.91. The molecule has 3 heteroatoms. The van der Waals surface area contributed by atoms with Gasteiger partial charge < -0.3 is 4.43 Å². The summed E-state index contributed by atoms with van der Waals surface area (Å²) in [6, 6.07) is 8.36. The quantitative estimate of drug-likeness (QED) is 0.709. The fourth-order valence-electron chi connectivity index (χ4n) is 1.33. The van der Waals surface area contributed by atoms with Gasteiger partial charge in [0.05, 0.1) is 0 Å². The fraction of sp³-hybridized carbons (Fsp3) is 0.571. The van der Waals surface area contributed by atoms with Gasteiger partial charge in [0.2, 0.25) is 0 Å². The van der Waals surface area contributed by atoms with Crippen molar-refractivity contribution in [3.63, 3.8) is 0 Å². The van der Waals surface area contributed by atoms with Gasteiger partial charge in [-0.05, 0) is 36.2 Å². The molecule has 1 aromatic rings. The molecular weight excluding hydrogens is 292 g/mol. The normalized spacial score (nSPS) is 12.8. The van der Waals surface area contributed by atoms with Crippen molar-refractivity contribution in [2.45, 2.75) is 45.3 Å². The highest BCUT2D eigenvalue weighted by Crippen LogP contribution is 2.36. The highest BCUT2D eigenvalue weighted by Gasteiger charge is 2.36. The Morgan fingerprint density at radius 3 is 2.29 bits per heavy atom. The largest absolute Gasteiger partial charge is 0.416 e. The zero-order valence-corrected chi connectivity index (χ0v) is 14.1. The number of benzene rings is 1. The van der Waals surface area contributed by atoms with Crippen LogP contribution >= 0.6 is 15.9 Å². The zero-order valence-electron chi connectivity index (χ0n) is 11.5. The maximum absolute atomic E-state index is 6.17. The fourth-order valence-corrected chi connectivity index (χ4v) is 2.86. The van der Waals surface area contributed by atoms with Crippen LogP contribution in [0.25, 0.3) is 0 Å². The molecule has 0 bridgehead atoms. The van der Waals surface area contributed by atoms with Crippen LogP contribution in [-0.4, -0.2) is 14.9 Å². The number of hydrogen-bond donors (Lipinski definition) is 0. The predicted molar refractivity (Wildman–Crippen MR) is 81.0 cm³/mol. The smallest absolute Gasteiger partial charge is 0.191 e. The molecule has 0 radical (unpaired) electrons. The Morgan fingerprint density at radius 2 is 1.76 bits per heavy atom. The van der Waals surface area contributed by atoms with Crippen molar-refractivity contribution in [3.8, 4) is 0 Å². The van der Waals surface area contributed by atoms with Crippen LogP contribution in [0.3, 0.4) is 0 Å². The van der Waals surface area contributed by atoms with E-state index >= 15 is 0 Å². The average molecular weight is 315 g/mol. The second-order valence-corrected chi connectivity index (χ2v) is 11.6. The summed E-state index contributed by atoms with van der Waals surface area (Å²) in [5.74, 6) is 0. The minimum Gasteiger partial charge on any atom is -0.416 e. The summed E-state index contributed by atoms with van der Waals surface area (Å²) in [7, 11) is -1.59. The van der Waals surface area contributed by atoms with Crippen molar-refractivity contribution in [1.29, 1.82) is 0 Å². The van der Waals surface area contributed by atoms with Gasteiger partial charge in [-0.3, -0.25) is 0 Å². The number of hydrogen-bond acceptors (Lipinski definition) is 1. The van der Waals surface area contributed by atoms with Crippen molar-refractivity contribution >= 4 is 24.2 Å². The molecule has 0 saturated heterocycles. The summed E-state index contributed by atoms with van der Waals surface area (Å²) in [6.45, 7) is 12.2. The molecule has 0 aliphatic heterocycles. The van der Waals surface area contributed by atoms with Crippen molar-refractivity contribution in [3.05, 3.63) is 34.3 Å². The second-order valence-electron chi connectivity index (χ2n) is 5.95. The van der Waals surface area contributed by atoms with Crippen molar-refractivity contribution in [2.24, 2.45) is 0 Å². The van der Waals surface area contributed by atoms with E-state index < -0.39 is 8.32 Å². The topological polar surface area (TPSA) is 9.23 Å². The van der Waals surface area contributed by atoms with E-state index in [0.29, 0.717) is 5.04 Å². The van der Waals surface area contributed by atoms with Crippen molar-refractivity contribution in [1.82, 2.24) is 0 Å². The summed E-state index contributed by atoms with van der Waals surface area (Å²) < 4.78 is 7.35. The molecule has 0 amide bonds. The van der Waals surface area contributed by atoms with E-state index in [0.717, 1.165) is 13.0 Å². The van der Waals surface area contributed by atoms with Gasteiger partial charge in [-0.25, -0.2) is 0 Å². The van der Waals surface area contributed by atoms with Gasteiger partial charge in [0.25, 0.3) is 0 Å². The van der Waals surface area contributed by atoms with Crippen LogP contribution < -0.4 is 0 Å². The first-order valence-corrected chi connectivity index (χ1v) is 9.81. The minimum absolute atomic E-state index is 0.293. The predicted octanol–water partition coefficient (Wildman–Crippen LogP) is 5.01. The van der Waals surface area contributed by atoms with Crippen LogP contribution in [0.15, 0.2) is 28.7 Å². The van der Waals surface area contributed by atoms with Gasteiger partial charge in [0.15, 0.2) is 8.32 Å². The highest BCUT2D eigenvalue weighted by molar-refractivity contribution is 9.10. The lowest BCUT2D eigenvalue weighted by atomic mass is 10.2. The third kappa shape index (κ3) is 4.23. The molecule has 0 atom stereocenters. The molecule has 1 nitrogen and oxygen atoms in total. The maximum atomic E-state index is 6.17. The summed E-state index contributed by atoms with van der Waals surface area (Å²) in [5, 5.41) is 0.293. The molecule has 1 aromatic carbocycles. The maximum Gasteiger partial charge on any atom is 0.191 e. The monoisotopic (exact) mass is 314 g/mol. The molecule has 0 aliphatic rings. The van der Waals surface area contributed by atoms with Crippen LogP contribution in [0, 0.1) is 0 Å². The zero-order chi connectivity index (χ0) is 13.1. The van der Waals surface area contributed by atoms with Crippen LogP contribution in [0.1, 0.15) is 26.3 Å². The molecule has 96 valence electrons. The second kappa shape index (κ2) is 5.68.